The van der Waals surface area contributed by atoms with Crippen molar-refractivity contribution in [2.24, 2.45) is 7.05 Å². The molecule has 0 spiro atoms. The van der Waals surface area contributed by atoms with Gasteiger partial charge in [-0.3, -0.25) is 4.68 Å². The molecule has 5 nitrogen and oxygen atoms in total. The molecule has 1 aromatic carbocycles. The number of para-hydroxylation sites is 1. The lowest BCUT2D eigenvalue weighted by Crippen LogP contribution is -2.42. The van der Waals surface area contributed by atoms with Gasteiger partial charge in [0.2, 0.25) is 0 Å². The van der Waals surface area contributed by atoms with E-state index < -0.39 is 0 Å². The predicted molar refractivity (Wildman–Crippen MR) is 90.4 cm³/mol. The molecule has 1 unspecified atom stereocenters. The molecular weight excluding hydrogens is 296 g/mol. The highest BCUT2D eigenvalue weighted by molar-refractivity contribution is 7.80. The van der Waals surface area contributed by atoms with Crippen molar-refractivity contribution >= 4 is 22.9 Å². The fourth-order valence-corrected chi connectivity index (χ4v) is 3.06. The molecule has 0 fully saturated rings. The number of nitrogens with zero attached hydrogens (tertiary/aromatic N) is 4. The summed E-state index contributed by atoms with van der Waals surface area (Å²) in [6.45, 7) is 3.04. The minimum atomic E-state index is -0.166. The molecule has 2 heterocycles. The van der Waals surface area contributed by atoms with Crippen LogP contribution in [0.4, 0.5) is 5.69 Å². The SMILES string of the molecule is CCCN1c2cn(C)nc2C(=S)[N]C1c1ccccc1OC. The van der Waals surface area contributed by atoms with Gasteiger partial charge in [-0.05, 0) is 12.5 Å². The Kier molecular flexibility index (Phi) is 4.02. The van der Waals surface area contributed by atoms with Gasteiger partial charge >= 0.3 is 0 Å². The molecule has 2 aromatic rings. The molecule has 1 atom stereocenters. The van der Waals surface area contributed by atoms with Crippen molar-refractivity contribution in [3.05, 3.63) is 41.7 Å². The smallest absolute Gasteiger partial charge is 0.153 e. The zero-order valence-electron chi connectivity index (χ0n) is 13.0. The Hall–Kier alpha value is -2.08. The van der Waals surface area contributed by atoms with Gasteiger partial charge < -0.3 is 9.64 Å². The van der Waals surface area contributed by atoms with Crippen molar-refractivity contribution in [2.45, 2.75) is 19.5 Å². The number of aromatic nitrogens is 2. The summed E-state index contributed by atoms with van der Waals surface area (Å²) in [4.78, 5) is 2.80. The fraction of sp³-hybridized carbons (Fsp3) is 0.375. The van der Waals surface area contributed by atoms with E-state index in [9.17, 15) is 0 Å². The summed E-state index contributed by atoms with van der Waals surface area (Å²) < 4.78 is 7.29. The average Bonchev–Trinajstić information content (AvgIpc) is 2.92. The normalized spacial score (nSPS) is 17.1. The Morgan fingerprint density at radius 3 is 2.82 bits per heavy atom. The van der Waals surface area contributed by atoms with Gasteiger partial charge in [0, 0.05) is 25.4 Å². The highest BCUT2D eigenvalue weighted by atomic mass is 32.1. The molecule has 3 rings (SSSR count). The van der Waals surface area contributed by atoms with Crippen molar-refractivity contribution in [3.8, 4) is 5.75 Å². The van der Waals surface area contributed by atoms with E-state index in [1.165, 1.54) is 0 Å². The molecule has 0 N–H and O–H groups in total. The predicted octanol–water partition coefficient (Wildman–Crippen LogP) is 2.64. The maximum Gasteiger partial charge on any atom is 0.153 e. The van der Waals surface area contributed by atoms with Gasteiger partial charge in [0.25, 0.3) is 0 Å². The van der Waals surface area contributed by atoms with Crippen LogP contribution in [-0.2, 0) is 7.05 Å². The molecule has 0 saturated carbocycles. The fourth-order valence-electron chi connectivity index (χ4n) is 2.81. The summed E-state index contributed by atoms with van der Waals surface area (Å²) in [6, 6.07) is 7.96. The summed E-state index contributed by atoms with van der Waals surface area (Å²) in [5.41, 5.74) is 2.85. The lowest BCUT2D eigenvalue weighted by Gasteiger charge is -2.36. The summed E-state index contributed by atoms with van der Waals surface area (Å²) >= 11 is 5.46. The van der Waals surface area contributed by atoms with Crippen LogP contribution in [0, 0.1) is 0 Å². The maximum atomic E-state index is 5.50. The van der Waals surface area contributed by atoms with Crippen LogP contribution in [0.3, 0.4) is 0 Å². The molecule has 115 valence electrons. The van der Waals surface area contributed by atoms with Crippen LogP contribution in [0.5, 0.6) is 5.75 Å². The number of hydrogen-bond acceptors (Lipinski definition) is 4. The van der Waals surface area contributed by atoms with E-state index in [-0.39, 0.29) is 6.17 Å². The molecule has 1 aliphatic rings. The first-order valence-electron chi connectivity index (χ1n) is 7.34. The van der Waals surface area contributed by atoms with Crippen molar-refractivity contribution in [3.63, 3.8) is 0 Å². The number of methoxy groups -OCH3 is 1. The number of hydrogen-bond donors (Lipinski definition) is 0. The second kappa shape index (κ2) is 5.96. The first-order chi connectivity index (χ1) is 10.7. The van der Waals surface area contributed by atoms with Gasteiger partial charge in [-0.15, -0.1) is 0 Å². The van der Waals surface area contributed by atoms with Gasteiger partial charge in [-0.1, -0.05) is 37.3 Å². The Bertz CT molecular complexity index is 697. The van der Waals surface area contributed by atoms with Gasteiger partial charge in [0.15, 0.2) is 11.2 Å². The molecule has 1 aliphatic heterocycles. The minimum Gasteiger partial charge on any atom is -0.496 e. The molecular formula is C16H19N4OS. The number of benzene rings is 1. The third-order valence-electron chi connectivity index (χ3n) is 3.74. The Morgan fingerprint density at radius 2 is 2.09 bits per heavy atom. The van der Waals surface area contributed by atoms with E-state index in [1.807, 2.05) is 37.5 Å². The van der Waals surface area contributed by atoms with Crippen molar-refractivity contribution in [1.29, 1.82) is 0 Å². The molecule has 0 aliphatic carbocycles. The summed E-state index contributed by atoms with van der Waals surface area (Å²) in [5.74, 6) is 0.826. The lowest BCUT2D eigenvalue weighted by atomic mass is 10.1. The third-order valence-corrected chi connectivity index (χ3v) is 4.04. The first kappa shape index (κ1) is 14.8. The molecule has 0 amide bonds. The van der Waals surface area contributed by atoms with Crippen molar-refractivity contribution < 1.29 is 4.74 Å². The first-order valence-corrected chi connectivity index (χ1v) is 7.75. The van der Waals surface area contributed by atoms with Crippen molar-refractivity contribution in [2.75, 3.05) is 18.6 Å². The molecule has 6 heteroatoms. The molecule has 1 aromatic heterocycles. The third kappa shape index (κ3) is 2.43. The minimum absolute atomic E-state index is 0.166. The van der Waals surface area contributed by atoms with Crippen LogP contribution in [-0.4, -0.2) is 28.4 Å². The number of aryl methyl sites for hydroxylation is 1. The summed E-state index contributed by atoms with van der Waals surface area (Å²) in [6.07, 6.45) is 2.86. The zero-order valence-corrected chi connectivity index (χ0v) is 13.8. The standard InChI is InChI=1S/C16H19N4OS/c1-4-9-20-12-10-19(2)18-14(12)16(22)17-15(20)11-7-5-6-8-13(11)21-3/h5-8,10,15H,4,9H2,1-3H3. The van der Waals surface area contributed by atoms with E-state index in [2.05, 4.69) is 16.9 Å². The number of fused-ring (bicyclic) bond motifs is 1. The van der Waals surface area contributed by atoms with E-state index >= 15 is 0 Å². The second-order valence-corrected chi connectivity index (χ2v) is 5.67. The second-order valence-electron chi connectivity index (χ2n) is 5.28. The van der Waals surface area contributed by atoms with Crippen LogP contribution >= 0.6 is 12.2 Å². The van der Waals surface area contributed by atoms with Gasteiger partial charge in [-0.2, -0.15) is 5.10 Å². The Labute approximate surface area is 135 Å². The van der Waals surface area contributed by atoms with Crippen LogP contribution in [0.2, 0.25) is 0 Å². The number of thiocarbonyl (C=S) groups is 1. The van der Waals surface area contributed by atoms with Crippen molar-refractivity contribution in [1.82, 2.24) is 15.1 Å². The topological polar surface area (TPSA) is 44.4 Å². The summed E-state index contributed by atoms with van der Waals surface area (Å²) in [5, 5.41) is 9.16. The Balaban J connectivity index is 2.09. The quantitative estimate of drug-likeness (QED) is 0.814. The monoisotopic (exact) mass is 315 g/mol. The van der Waals surface area contributed by atoms with Gasteiger partial charge in [0.1, 0.15) is 11.4 Å². The van der Waals surface area contributed by atoms with Gasteiger partial charge in [0.05, 0.1) is 12.8 Å². The number of anilines is 1. The Morgan fingerprint density at radius 1 is 1.32 bits per heavy atom. The summed E-state index contributed by atoms with van der Waals surface area (Å²) in [7, 11) is 3.59. The maximum absolute atomic E-state index is 5.50. The van der Waals surface area contributed by atoms with Crippen LogP contribution in [0.1, 0.15) is 30.8 Å². The van der Waals surface area contributed by atoms with Gasteiger partial charge in [-0.25, -0.2) is 5.32 Å². The zero-order chi connectivity index (χ0) is 15.7. The van der Waals surface area contributed by atoms with E-state index in [0.717, 1.165) is 35.7 Å². The molecule has 1 radical (unpaired) electrons. The lowest BCUT2D eigenvalue weighted by molar-refractivity contribution is 0.401. The highest BCUT2D eigenvalue weighted by Crippen LogP contribution is 2.37. The average molecular weight is 315 g/mol. The highest BCUT2D eigenvalue weighted by Gasteiger charge is 2.34. The molecule has 22 heavy (non-hydrogen) atoms. The largest absolute Gasteiger partial charge is 0.496 e. The van der Waals surface area contributed by atoms with E-state index in [0.29, 0.717) is 4.99 Å². The van der Waals surface area contributed by atoms with Crippen LogP contribution in [0.15, 0.2) is 30.5 Å². The van der Waals surface area contributed by atoms with E-state index in [1.54, 1.807) is 11.8 Å². The van der Waals surface area contributed by atoms with Crippen LogP contribution in [0.25, 0.3) is 0 Å². The number of ether oxygens (including phenoxy) is 1. The molecule has 0 bridgehead atoms. The number of rotatable bonds is 4. The molecule has 0 saturated heterocycles. The van der Waals surface area contributed by atoms with E-state index in [4.69, 9.17) is 22.3 Å². The van der Waals surface area contributed by atoms with Crippen LogP contribution < -0.4 is 15.0 Å².